The zero-order valence-corrected chi connectivity index (χ0v) is 11.2. The van der Waals surface area contributed by atoms with E-state index >= 15 is 0 Å². The molecule has 0 aromatic heterocycles. The molecule has 0 amide bonds. The lowest BCUT2D eigenvalue weighted by Gasteiger charge is -2.32. The molecule has 1 aromatic rings. The van der Waals surface area contributed by atoms with Gasteiger partial charge in [0.1, 0.15) is 0 Å². The van der Waals surface area contributed by atoms with Crippen LogP contribution in [0, 0.1) is 6.92 Å². The second-order valence-electron chi connectivity index (χ2n) is 5.22. The van der Waals surface area contributed by atoms with Crippen molar-refractivity contribution in [2.24, 2.45) is 5.73 Å². The lowest BCUT2D eigenvalue weighted by atomic mass is 10.1. The van der Waals surface area contributed by atoms with Crippen molar-refractivity contribution in [2.45, 2.75) is 58.7 Å². The van der Waals surface area contributed by atoms with Crippen LogP contribution in [0.15, 0.2) is 18.2 Å². The molecule has 2 nitrogen and oxygen atoms in total. The van der Waals surface area contributed by atoms with Crippen molar-refractivity contribution in [2.75, 3.05) is 4.90 Å². The van der Waals surface area contributed by atoms with Crippen molar-refractivity contribution in [3.8, 4) is 0 Å². The van der Waals surface area contributed by atoms with E-state index in [0.717, 1.165) is 0 Å². The largest absolute Gasteiger partial charge is 0.366 e. The Hall–Kier alpha value is -1.02. The second-order valence-corrected chi connectivity index (χ2v) is 5.22. The molecule has 1 heterocycles. The first kappa shape index (κ1) is 12.4. The molecular formula is C15H24N2. The van der Waals surface area contributed by atoms with Gasteiger partial charge >= 0.3 is 0 Å². The Morgan fingerprint density at radius 1 is 1.35 bits per heavy atom. The monoisotopic (exact) mass is 232 g/mol. The predicted molar refractivity (Wildman–Crippen MR) is 74.3 cm³/mol. The fraction of sp³-hybridized carbons (Fsp3) is 0.600. The summed E-state index contributed by atoms with van der Waals surface area (Å²) in [6, 6.07) is 8.03. The van der Waals surface area contributed by atoms with Gasteiger partial charge in [-0.05, 0) is 50.3 Å². The highest BCUT2D eigenvalue weighted by Gasteiger charge is 2.29. The number of aryl methyl sites for hydroxylation is 1. The quantitative estimate of drug-likeness (QED) is 0.867. The first-order valence-electron chi connectivity index (χ1n) is 6.75. The molecule has 2 heteroatoms. The molecule has 0 saturated carbocycles. The molecule has 2 atom stereocenters. The van der Waals surface area contributed by atoms with E-state index < -0.39 is 0 Å². The van der Waals surface area contributed by atoms with Gasteiger partial charge in [-0.2, -0.15) is 0 Å². The van der Waals surface area contributed by atoms with Crippen molar-refractivity contribution in [1.29, 1.82) is 0 Å². The van der Waals surface area contributed by atoms with Crippen LogP contribution in [0.3, 0.4) is 0 Å². The Labute approximate surface area is 105 Å². The van der Waals surface area contributed by atoms with Crippen LogP contribution in [0.5, 0.6) is 0 Å². The first-order valence-corrected chi connectivity index (χ1v) is 6.75. The zero-order valence-electron chi connectivity index (χ0n) is 11.2. The van der Waals surface area contributed by atoms with Crippen LogP contribution in [0.1, 0.15) is 44.2 Å². The van der Waals surface area contributed by atoms with Gasteiger partial charge in [0.2, 0.25) is 0 Å². The third kappa shape index (κ3) is 2.32. The summed E-state index contributed by atoms with van der Waals surface area (Å²) in [6.07, 6.45) is 3.88. The minimum atomic E-state index is 0.633. The fourth-order valence-electron chi connectivity index (χ4n) is 3.04. The van der Waals surface area contributed by atoms with Crippen molar-refractivity contribution in [1.82, 2.24) is 0 Å². The van der Waals surface area contributed by atoms with E-state index in [-0.39, 0.29) is 0 Å². The molecule has 0 spiro atoms. The van der Waals surface area contributed by atoms with Gasteiger partial charge in [0.25, 0.3) is 0 Å². The van der Waals surface area contributed by atoms with Crippen molar-refractivity contribution >= 4 is 5.69 Å². The maximum Gasteiger partial charge on any atom is 0.0401 e. The van der Waals surface area contributed by atoms with Crippen LogP contribution < -0.4 is 10.6 Å². The van der Waals surface area contributed by atoms with Crippen molar-refractivity contribution in [3.63, 3.8) is 0 Å². The smallest absolute Gasteiger partial charge is 0.0401 e. The first-order chi connectivity index (χ1) is 8.17. The third-order valence-corrected chi connectivity index (χ3v) is 4.03. The second kappa shape index (κ2) is 5.09. The van der Waals surface area contributed by atoms with Crippen LogP contribution in [0.4, 0.5) is 5.69 Å². The lowest BCUT2D eigenvalue weighted by molar-refractivity contribution is 0.626. The summed E-state index contributed by atoms with van der Waals surface area (Å²) in [4.78, 5) is 2.61. The topological polar surface area (TPSA) is 29.3 Å². The normalized spacial score (nSPS) is 24.4. The van der Waals surface area contributed by atoms with Gasteiger partial charge in [-0.25, -0.2) is 0 Å². The van der Waals surface area contributed by atoms with E-state index in [9.17, 15) is 0 Å². The maximum absolute atomic E-state index is 5.69. The molecule has 2 unspecified atom stereocenters. The molecule has 0 radical (unpaired) electrons. The summed E-state index contributed by atoms with van der Waals surface area (Å²) in [5.74, 6) is 0. The Morgan fingerprint density at radius 3 is 2.71 bits per heavy atom. The van der Waals surface area contributed by atoms with Crippen LogP contribution in [-0.2, 0) is 6.54 Å². The van der Waals surface area contributed by atoms with Crippen LogP contribution in [0.2, 0.25) is 0 Å². The number of hydrogen-bond acceptors (Lipinski definition) is 2. The van der Waals surface area contributed by atoms with Gasteiger partial charge in [-0.15, -0.1) is 0 Å². The minimum absolute atomic E-state index is 0.633. The Morgan fingerprint density at radius 2 is 2.12 bits per heavy atom. The van der Waals surface area contributed by atoms with Gasteiger partial charge < -0.3 is 10.6 Å². The SMILES string of the molecule is CCC1CCC(C)N1c1ccc(CN)cc1C. The summed E-state index contributed by atoms with van der Waals surface area (Å²) >= 11 is 0. The summed E-state index contributed by atoms with van der Waals surface area (Å²) in [5.41, 5.74) is 9.68. The lowest BCUT2D eigenvalue weighted by Crippen LogP contribution is -2.34. The van der Waals surface area contributed by atoms with Crippen molar-refractivity contribution in [3.05, 3.63) is 29.3 Å². The third-order valence-electron chi connectivity index (χ3n) is 4.03. The molecule has 1 aromatic carbocycles. The molecule has 1 aliphatic heterocycles. The Kier molecular flexibility index (Phi) is 3.72. The molecule has 2 rings (SSSR count). The number of anilines is 1. The standard InChI is InChI=1S/C15H24N2/c1-4-14-7-5-12(3)17(14)15-8-6-13(10-16)9-11(15)2/h6,8-9,12,14H,4-5,7,10,16H2,1-3H3. The van der Waals surface area contributed by atoms with Gasteiger partial charge in [0.05, 0.1) is 0 Å². The number of nitrogens with two attached hydrogens (primary N) is 1. The highest BCUT2D eigenvalue weighted by molar-refractivity contribution is 5.56. The predicted octanol–water partition coefficient (Wildman–Crippen LogP) is 3.22. The molecule has 0 aliphatic carbocycles. The maximum atomic E-state index is 5.69. The molecule has 2 N–H and O–H groups in total. The van der Waals surface area contributed by atoms with Crippen LogP contribution >= 0.6 is 0 Å². The average Bonchev–Trinajstić information content (AvgIpc) is 2.70. The number of hydrogen-bond donors (Lipinski definition) is 1. The summed E-state index contributed by atoms with van der Waals surface area (Å²) in [5, 5.41) is 0. The minimum Gasteiger partial charge on any atom is -0.366 e. The molecule has 1 fully saturated rings. The van der Waals surface area contributed by atoms with E-state index in [0.29, 0.717) is 18.6 Å². The highest BCUT2D eigenvalue weighted by atomic mass is 15.2. The van der Waals surface area contributed by atoms with Gasteiger partial charge in [-0.1, -0.05) is 19.1 Å². The van der Waals surface area contributed by atoms with Crippen molar-refractivity contribution < 1.29 is 0 Å². The zero-order chi connectivity index (χ0) is 12.4. The molecule has 1 saturated heterocycles. The van der Waals surface area contributed by atoms with Crippen LogP contribution in [0.25, 0.3) is 0 Å². The van der Waals surface area contributed by atoms with E-state index in [1.165, 1.54) is 36.1 Å². The van der Waals surface area contributed by atoms with E-state index in [1.807, 2.05) is 0 Å². The molecular weight excluding hydrogens is 208 g/mol. The van der Waals surface area contributed by atoms with Gasteiger partial charge in [0.15, 0.2) is 0 Å². The molecule has 94 valence electrons. The average molecular weight is 232 g/mol. The Bertz CT molecular complexity index is 387. The van der Waals surface area contributed by atoms with Crippen LogP contribution in [-0.4, -0.2) is 12.1 Å². The number of nitrogens with zero attached hydrogens (tertiary/aromatic N) is 1. The molecule has 17 heavy (non-hydrogen) atoms. The van der Waals surface area contributed by atoms with E-state index in [1.54, 1.807) is 0 Å². The van der Waals surface area contributed by atoms with Gasteiger partial charge in [-0.3, -0.25) is 0 Å². The van der Waals surface area contributed by atoms with E-state index in [4.69, 9.17) is 5.73 Å². The summed E-state index contributed by atoms with van der Waals surface area (Å²) in [7, 11) is 0. The number of rotatable bonds is 3. The van der Waals surface area contributed by atoms with Gasteiger partial charge in [0, 0.05) is 24.3 Å². The molecule has 1 aliphatic rings. The van der Waals surface area contributed by atoms with E-state index in [2.05, 4.69) is 43.9 Å². The Balaban J connectivity index is 2.32. The molecule has 0 bridgehead atoms. The summed E-state index contributed by atoms with van der Waals surface area (Å²) in [6.45, 7) is 7.46. The summed E-state index contributed by atoms with van der Waals surface area (Å²) < 4.78 is 0. The fourth-order valence-corrected chi connectivity index (χ4v) is 3.04. The highest BCUT2D eigenvalue weighted by Crippen LogP contribution is 2.34. The number of benzene rings is 1.